The van der Waals surface area contributed by atoms with Gasteiger partial charge in [0.05, 0.1) is 50.5 Å². The number of aliphatic hydroxyl groups excluding tert-OH is 8. The Morgan fingerprint density at radius 1 is 0.721 bits per heavy atom. The third-order valence-electron chi connectivity index (χ3n) is 17.3. The van der Waals surface area contributed by atoms with Crippen LogP contribution in [0.5, 0.6) is 0 Å². The van der Waals surface area contributed by atoms with E-state index in [9.17, 15) is 64.0 Å². The molecule has 10 rings (SSSR count). The molecule has 27 nitrogen and oxygen atoms in total. The molecule has 0 spiro atoms. The van der Waals surface area contributed by atoms with Crippen molar-refractivity contribution in [1.82, 2.24) is 45.5 Å². The van der Waals surface area contributed by atoms with E-state index in [4.69, 9.17) is 33.2 Å². The van der Waals surface area contributed by atoms with Crippen molar-refractivity contribution in [2.24, 2.45) is 11.8 Å². The Balaban J connectivity index is 0.941. The Morgan fingerprint density at radius 2 is 1.36 bits per heavy atom. The molecular weight excluding hydrogens is 1140 g/mol. The minimum absolute atomic E-state index is 0.127. The van der Waals surface area contributed by atoms with Gasteiger partial charge in [0.2, 0.25) is 11.8 Å². The summed E-state index contributed by atoms with van der Waals surface area (Å²) < 4.78 is 75.5. The Hall–Kier alpha value is -5.61. The van der Waals surface area contributed by atoms with E-state index in [-0.39, 0.29) is 49.2 Å². The van der Waals surface area contributed by atoms with Gasteiger partial charge in [-0.2, -0.15) is 0 Å². The van der Waals surface area contributed by atoms with Gasteiger partial charge in [-0.3, -0.25) is 14.4 Å². The maximum absolute atomic E-state index is 14.7. The molecular formula is C57H77F2N9O18. The van der Waals surface area contributed by atoms with Gasteiger partial charge in [0.15, 0.2) is 18.9 Å². The molecule has 3 amide bonds. The number of likely N-dealkylation sites (tertiary alicyclic amines) is 1. The standard InChI is InChI=1S/C57H77F2N9O18/c1-28-45(72)49(76)50(77)57(81-28)86-51-38(67-24-36(62-64-67)31-11-6-13-34(58)20-31)22-33(53(78)60-15-18-80-56-48(75)44(46(73)41(26-69)85-56)68-25-37(63-65-68)32-12-7-14-35(59)21-32)23-39(51)83-55-43(61-29(2)71)52(47(74)42(27-70)84-55)82-40(54(79)66-16-8-17-66)19-30-9-4-3-5-10-30/h6-7,11-14,20-21,24-25,28,30,33,38-52,55-57,69-70,72-77H,3-5,8-10,15-19,22-23,26-27H2,1-2H3,(H,60,78)(H,61,71)/t28?,33?,38?,39-,40+,41?,42?,43?,44?,45-,46-,47+,48?,49?,50?,51?,52?,55-,56+,57+/m1/s1. The van der Waals surface area contributed by atoms with Gasteiger partial charge in [0, 0.05) is 43.6 Å². The number of nitrogens with one attached hydrogen (secondary N) is 2. The van der Waals surface area contributed by atoms with E-state index in [1.165, 1.54) is 67.3 Å². The fraction of sp³-hybridized carbons (Fsp3) is 0.667. The smallest absolute Gasteiger partial charge is 0.251 e. The fourth-order valence-electron chi connectivity index (χ4n) is 12.5. The lowest BCUT2D eigenvalue weighted by atomic mass is 9.80. The van der Waals surface area contributed by atoms with Crippen LogP contribution in [0.15, 0.2) is 60.9 Å². The zero-order valence-corrected chi connectivity index (χ0v) is 47.6. The van der Waals surface area contributed by atoms with Crippen LogP contribution in [-0.2, 0) is 47.5 Å². The normalized spacial score (nSPS) is 34.7. The topological polar surface area (TPSA) is 366 Å². The van der Waals surface area contributed by atoms with Crippen molar-refractivity contribution in [3.8, 4) is 22.5 Å². The highest BCUT2D eigenvalue weighted by Crippen LogP contribution is 2.42. The van der Waals surface area contributed by atoms with Crippen LogP contribution < -0.4 is 10.6 Å². The summed E-state index contributed by atoms with van der Waals surface area (Å²) in [4.78, 5) is 43.9. The minimum atomic E-state index is -1.86. The zero-order chi connectivity index (χ0) is 60.9. The molecule has 2 aromatic heterocycles. The Morgan fingerprint density at radius 3 is 1.99 bits per heavy atom. The number of aliphatic hydroxyl groups is 8. The predicted octanol–water partition coefficient (Wildman–Crippen LogP) is -0.617. The molecule has 86 heavy (non-hydrogen) atoms. The fourth-order valence-corrected chi connectivity index (χ4v) is 12.5. The van der Waals surface area contributed by atoms with Crippen molar-refractivity contribution in [3.05, 3.63) is 72.6 Å². The summed E-state index contributed by atoms with van der Waals surface area (Å²) in [6, 6.07) is 7.32. The quantitative estimate of drug-likeness (QED) is 0.0465. The predicted molar refractivity (Wildman–Crippen MR) is 291 cm³/mol. The van der Waals surface area contributed by atoms with Crippen LogP contribution in [0, 0.1) is 23.5 Å². The highest BCUT2D eigenvalue weighted by molar-refractivity contribution is 5.81. The summed E-state index contributed by atoms with van der Waals surface area (Å²) in [5, 5.41) is 111. The molecule has 6 aliphatic rings. The van der Waals surface area contributed by atoms with E-state index in [2.05, 4.69) is 31.3 Å². The number of hydrogen-bond acceptors (Lipinski definition) is 22. The molecule has 472 valence electrons. The summed E-state index contributed by atoms with van der Waals surface area (Å²) in [5.41, 5.74) is 1.13. The Labute approximate surface area is 493 Å². The van der Waals surface area contributed by atoms with Crippen molar-refractivity contribution in [2.45, 2.75) is 188 Å². The van der Waals surface area contributed by atoms with Gasteiger partial charge in [-0.15, -0.1) is 10.2 Å². The average Bonchev–Trinajstić information content (AvgIpc) is 1.44. The van der Waals surface area contributed by atoms with Gasteiger partial charge in [0.25, 0.3) is 5.91 Å². The van der Waals surface area contributed by atoms with Crippen molar-refractivity contribution in [3.63, 3.8) is 0 Å². The second-order valence-corrected chi connectivity index (χ2v) is 23.2. The first kappa shape index (κ1) is 63.4. The largest absolute Gasteiger partial charge is 0.394 e. The number of hydrogen-bond donors (Lipinski definition) is 10. The first-order valence-electron chi connectivity index (χ1n) is 29.4. The number of carbonyl (C=O) groups excluding carboxylic acids is 3. The monoisotopic (exact) mass is 1210 g/mol. The number of halogens is 2. The molecule has 12 unspecified atom stereocenters. The third kappa shape index (κ3) is 14.3. The number of nitrogens with zero attached hydrogens (tertiary/aromatic N) is 7. The first-order valence-corrected chi connectivity index (χ1v) is 29.4. The van der Waals surface area contributed by atoms with Gasteiger partial charge in [-0.05, 0) is 62.8 Å². The van der Waals surface area contributed by atoms with E-state index in [0.717, 1.165) is 43.2 Å². The van der Waals surface area contributed by atoms with E-state index in [0.29, 0.717) is 30.6 Å². The minimum Gasteiger partial charge on any atom is -0.394 e. The van der Waals surface area contributed by atoms with E-state index in [1.807, 2.05) is 0 Å². The number of rotatable bonds is 21. The van der Waals surface area contributed by atoms with Crippen molar-refractivity contribution >= 4 is 17.7 Å². The van der Waals surface area contributed by atoms with Crippen molar-refractivity contribution < 1.29 is 97.2 Å². The average molecular weight is 1210 g/mol. The van der Waals surface area contributed by atoms with Crippen LogP contribution in [0.2, 0.25) is 0 Å². The molecule has 2 aliphatic carbocycles. The molecule has 2 saturated carbocycles. The van der Waals surface area contributed by atoms with Gasteiger partial charge in [-0.1, -0.05) is 66.8 Å². The Kier molecular flexibility index (Phi) is 20.8. The maximum atomic E-state index is 14.7. The first-order chi connectivity index (χ1) is 41.4. The Bertz CT molecular complexity index is 2900. The molecule has 4 aromatic rings. The van der Waals surface area contributed by atoms with Crippen LogP contribution in [-0.4, -0.2) is 237 Å². The van der Waals surface area contributed by atoms with Gasteiger partial charge >= 0.3 is 0 Å². The number of amides is 3. The zero-order valence-electron chi connectivity index (χ0n) is 47.6. The summed E-state index contributed by atoms with van der Waals surface area (Å²) in [6.07, 6.45) is -15.5. The molecule has 6 heterocycles. The molecule has 2 aromatic carbocycles. The lowest BCUT2D eigenvalue weighted by Crippen LogP contribution is -2.67. The van der Waals surface area contributed by atoms with Gasteiger partial charge in [-0.25, -0.2) is 18.1 Å². The second-order valence-electron chi connectivity index (χ2n) is 23.2. The lowest BCUT2D eigenvalue weighted by Gasteiger charge is -2.49. The van der Waals surface area contributed by atoms with Crippen LogP contribution in [0.25, 0.3) is 22.5 Å². The summed E-state index contributed by atoms with van der Waals surface area (Å²) in [6.45, 7) is 1.68. The van der Waals surface area contributed by atoms with Gasteiger partial charge in [0.1, 0.15) is 102 Å². The van der Waals surface area contributed by atoms with E-state index >= 15 is 0 Å². The van der Waals surface area contributed by atoms with Crippen LogP contribution >= 0.6 is 0 Å². The summed E-state index contributed by atoms with van der Waals surface area (Å²) >= 11 is 0. The second kappa shape index (κ2) is 28.3. The van der Waals surface area contributed by atoms with E-state index < -0.39 is 159 Å². The van der Waals surface area contributed by atoms with E-state index in [1.54, 1.807) is 17.0 Å². The molecule has 0 radical (unpaired) electrons. The molecule has 29 heteroatoms. The number of ether oxygens (including phenoxy) is 7. The van der Waals surface area contributed by atoms with Crippen LogP contribution in [0.3, 0.4) is 0 Å². The molecule has 4 aliphatic heterocycles. The van der Waals surface area contributed by atoms with Crippen molar-refractivity contribution in [2.75, 3.05) is 39.5 Å². The number of aromatic nitrogens is 6. The molecule has 20 atom stereocenters. The molecule has 0 bridgehead atoms. The number of benzene rings is 2. The number of carbonyl (C=O) groups is 3. The molecule has 6 fully saturated rings. The van der Waals surface area contributed by atoms with Crippen LogP contribution in [0.4, 0.5) is 8.78 Å². The molecule has 10 N–H and O–H groups in total. The summed E-state index contributed by atoms with van der Waals surface area (Å²) in [7, 11) is 0. The third-order valence-corrected chi connectivity index (χ3v) is 17.3. The van der Waals surface area contributed by atoms with Crippen LogP contribution in [0.1, 0.15) is 83.7 Å². The highest BCUT2D eigenvalue weighted by Gasteiger charge is 2.54. The summed E-state index contributed by atoms with van der Waals surface area (Å²) in [5.74, 6) is -3.53. The SMILES string of the molecule is CC(=O)NC1C(O[C@@H](CC2CCCCC2)C(=O)N2CCC2)[C@@H](O)C(CO)O[C@H]1O[C@@H]1CC(C(=O)NCCO[C@H]2OC(CO)[C@@H](O)C(n3cc(-c4cccc(F)c4)nn3)C2O)CC(n2cc(-c3cccc(F)c3)nn2)C1O[C@@H]1OC(C)[C@@H](O)C(O)C1O. The van der Waals surface area contributed by atoms with Gasteiger partial charge < -0.3 is 89.5 Å². The highest BCUT2D eigenvalue weighted by atomic mass is 19.1. The maximum Gasteiger partial charge on any atom is 0.251 e. The molecule has 4 saturated heterocycles. The lowest BCUT2D eigenvalue weighted by molar-refractivity contribution is -0.337. The van der Waals surface area contributed by atoms with Crippen molar-refractivity contribution in [1.29, 1.82) is 0 Å².